The summed E-state index contributed by atoms with van der Waals surface area (Å²) < 4.78 is 0. The van der Waals surface area contributed by atoms with Gasteiger partial charge in [0.05, 0.1) is 66.3 Å². The van der Waals surface area contributed by atoms with Gasteiger partial charge >= 0.3 is 0 Å². The van der Waals surface area contributed by atoms with Gasteiger partial charge in [-0.1, -0.05) is 172 Å². The zero-order chi connectivity index (χ0) is 71.4. The van der Waals surface area contributed by atoms with Crippen molar-refractivity contribution in [2.75, 3.05) is 0 Å². The highest BCUT2D eigenvalue weighted by molar-refractivity contribution is 5.87. The third-order valence-corrected chi connectivity index (χ3v) is 21.0. The fourth-order valence-corrected chi connectivity index (χ4v) is 15.3. The van der Waals surface area contributed by atoms with Gasteiger partial charge < -0.3 is 10.2 Å². The van der Waals surface area contributed by atoms with Crippen LogP contribution in [0.15, 0.2) is 137 Å². The van der Waals surface area contributed by atoms with Crippen LogP contribution in [0.5, 0.6) is 0 Å². The minimum absolute atomic E-state index is 0.133. The van der Waals surface area contributed by atoms with Gasteiger partial charge in [-0.25, -0.2) is 30.0 Å². The van der Waals surface area contributed by atoms with Crippen molar-refractivity contribution in [3.05, 3.63) is 237 Å². The van der Waals surface area contributed by atoms with E-state index in [1.54, 1.807) is 27.7 Å². The van der Waals surface area contributed by atoms with Crippen molar-refractivity contribution in [1.82, 2.24) is 0 Å². The average Bonchev–Trinajstić information content (AvgIpc) is 1.58. The van der Waals surface area contributed by atoms with Crippen molar-refractivity contribution < 1.29 is 10.2 Å². The smallest absolute Gasteiger partial charge is 0.120 e. The van der Waals surface area contributed by atoms with E-state index in [1.807, 2.05) is 0 Å². The first-order chi connectivity index (χ1) is 46.5. The van der Waals surface area contributed by atoms with Crippen molar-refractivity contribution in [3.8, 4) is 47.4 Å². The molecular weight excluding hydrogens is 1220 g/mol. The van der Waals surface area contributed by atoms with E-state index < -0.39 is 11.2 Å². The van der Waals surface area contributed by atoms with Gasteiger partial charge in [-0.05, 0) is 238 Å². The summed E-state index contributed by atoms with van der Waals surface area (Å²) in [4.78, 5) is 33.2. The summed E-state index contributed by atoms with van der Waals surface area (Å²) in [5, 5.41) is 33.7. The minimum atomic E-state index is -1.14. The molecule has 502 valence electrons. The van der Waals surface area contributed by atoms with E-state index in [-0.39, 0.29) is 32.5 Å². The molecule has 0 bridgehead atoms. The highest BCUT2D eigenvalue weighted by Crippen LogP contribution is 2.42. The Morgan fingerprint density at radius 1 is 0.230 bits per heavy atom. The molecule has 15 rings (SSSR count). The molecule has 0 unspecified atom stereocenters. The van der Waals surface area contributed by atoms with Crippen LogP contribution in [0.25, 0.3) is 33.4 Å². The zero-order valence-electron chi connectivity index (χ0n) is 62.7. The van der Waals surface area contributed by atoms with Gasteiger partial charge in [0.25, 0.3) is 0 Å². The molecule has 0 fully saturated rings. The predicted octanol–water partition coefficient (Wildman–Crippen LogP) is 10.3. The van der Waals surface area contributed by atoms with Crippen LogP contribution >= 0.6 is 0 Å². The van der Waals surface area contributed by atoms with Crippen LogP contribution in [-0.2, 0) is 32.5 Å². The summed E-state index contributed by atoms with van der Waals surface area (Å²) in [5.74, 6) is 28.5. The second-order valence-corrected chi connectivity index (χ2v) is 36.3. The van der Waals surface area contributed by atoms with E-state index in [9.17, 15) is 10.2 Å². The first-order valence-electron chi connectivity index (χ1n) is 35.9. The standard InChI is InChI=1S/C92H92N6O2/c1-85(2,3)55-37-49(23-25-51-39-57(87(7,8)9)45-69-75(51)63-29-31-65-77-53(33-35-91(19,20)99)41-59(89(13,14)15)47-71(77)97-83(65)81(63)95-69)73-61-27-28-62-74-50(38-56(86(4,5)6)44-68(74)94-80(62)79(61)93-67(73)43-55)24-26-52-40-58(88(10,11)12)46-70-76(52)64-30-32-66-78-54(34-36-92(21,22)100)42-60(90(16,17)18)48-72(78)98-84(66)82(64)96-70/h37-48,99-100H,27-32H2,1-22H3. The number of nitrogens with zero attached hydrogens (tertiary/aromatic N) is 6. The van der Waals surface area contributed by atoms with Gasteiger partial charge in [-0.15, -0.1) is 0 Å². The molecule has 100 heavy (non-hydrogen) atoms. The Labute approximate surface area is 589 Å². The normalized spacial score (nSPS) is 16.9. The highest BCUT2D eigenvalue weighted by Gasteiger charge is 2.36. The zero-order valence-corrected chi connectivity index (χ0v) is 62.7. The van der Waals surface area contributed by atoms with Gasteiger partial charge in [-0.3, -0.25) is 0 Å². The summed E-state index contributed by atoms with van der Waals surface area (Å²) in [7, 11) is 0. The summed E-state index contributed by atoms with van der Waals surface area (Å²) in [6.45, 7) is 47.5. The Morgan fingerprint density at radius 2 is 0.380 bits per heavy atom. The minimum Gasteiger partial charge on any atom is -0.378 e. The third kappa shape index (κ3) is 11.5. The summed E-state index contributed by atoms with van der Waals surface area (Å²) >= 11 is 0. The van der Waals surface area contributed by atoms with Gasteiger partial charge in [0, 0.05) is 64.7 Å². The Balaban J connectivity index is 0.890. The molecule has 8 nitrogen and oxygen atoms in total. The lowest BCUT2D eigenvalue weighted by Gasteiger charge is -2.20. The molecule has 0 aromatic heterocycles. The lowest BCUT2D eigenvalue weighted by Crippen LogP contribution is -2.31. The molecule has 3 aliphatic carbocycles. The molecule has 6 aromatic carbocycles. The van der Waals surface area contributed by atoms with Crippen LogP contribution in [0.1, 0.15) is 258 Å². The molecular formula is C92H92N6O2. The fourth-order valence-electron chi connectivity index (χ4n) is 15.3. The van der Waals surface area contributed by atoms with Gasteiger partial charge in [0.2, 0.25) is 0 Å². The molecule has 6 aliphatic heterocycles. The molecule has 0 saturated carbocycles. The van der Waals surface area contributed by atoms with Crippen molar-refractivity contribution in [2.24, 2.45) is 30.0 Å². The van der Waals surface area contributed by atoms with Crippen molar-refractivity contribution >= 4 is 33.4 Å². The maximum atomic E-state index is 10.8. The van der Waals surface area contributed by atoms with E-state index in [0.717, 1.165) is 181 Å². The predicted molar refractivity (Wildman–Crippen MR) is 403 cm³/mol. The van der Waals surface area contributed by atoms with Crippen LogP contribution < -0.4 is 63.5 Å². The van der Waals surface area contributed by atoms with Crippen LogP contribution in [0.3, 0.4) is 0 Å². The number of rotatable bonds is 0. The van der Waals surface area contributed by atoms with E-state index in [2.05, 4.69) is 245 Å². The molecule has 6 aromatic rings. The number of fused-ring (bicyclic) bond motifs is 12. The number of allylic oxidation sites excluding steroid dienone is 6. The van der Waals surface area contributed by atoms with Crippen LogP contribution in [0.4, 0.5) is 0 Å². The van der Waals surface area contributed by atoms with Crippen molar-refractivity contribution in [3.63, 3.8) is 0 Å². The Kier molecular flexibility index (Phi) is 14.7. The molecule has 8 heteroatoms. The van der Waals surface area contributed by atoms with E-state index in [4.69, 9.17) is 30.0 Å². The fraction of sp³-hybridized carbons (Fsp3) is 0.391. The Bertz CT molecular complexity index is 5770. The lowest BCUT2D eigenvalue weighted by molar-refractivity contribution is 0.143. The molecule has 6 heterocycles. The summed E-state index contributed by atoms with van der Waals surface area (Å²) in [5.41, 5.74) is 22.1. The molecule has 2 N–H and O–H groups in total. The molecule has 0 saturated heterocycles. The first-order valence-corrected chi connectivity index (χ1v) is 35.9. The Hall–Kier alpha value is -9.28. The molecule has 9 aliphatic rings. The van der Waals surface area contributed by atoms with Gasteiger partial charge in [0.1, 0.15) is 11.2 Å². The lowest BCUT2D eigenvalue weighted by atomic mass is 9.83. The maximum Gasteiger partial charge on any atom is 0.120 e. The number of aliphatic hydroxyl groups is 2. The van der Waals surface area contributed by atoms with E-state index >= 15 is 0 Å². The van der Waals surface area contributed by atoms with Gasteiger partial charge in [0.15, 0.2) is 0 Å². The topological polar surface area (TPSA) is 115 Å². The average molecular weight is 1310 g/mol. The SMILES string of the molecule is CC(C)(O)C#Cc1cc(C(C)(C)C)cc2c1=C1CCC3=c4c(C#Cc5cc(C(C)(C)C)cc6c5=C5CCC7=c8c(C#Cc9cc(C(C)(C)C)cc%10c9=C9CCC%11=c%12c(C#CC(C)(C)O)cc(C(C)(C)C)cc%12=NC%11=C9N=%10)cc(C(C)(C)C)cc8=NC7=C5N=6)cc(C(C)(C)C)cc4=NC3=C1N=2. The quantitative estimate of drug-likeness (QED) is 0.148. The van der Waals surface area contributed by atoms with Crippen LogP contribution in [-0.4, -0.2) is 21.4 Å². The molecule has 0 amide bonds. The highest BCUT2D eigenvalue weighted by atomic mass is 16.3. The molecule has 0 atom stereocenters. The van der Waals surface area contributed by atoms with E-state index in [0.29, 0.717) is 0 Å². The molecule has 0 radical (unpaired) electrons. The first kappa shape index (κ1) is 66.6. The van der Waals surface area contributed by atoms with Crippen LogP contribution in [0.2, 0.25) is 0 Å². The maximum absolute atomic E-state index is 10.8. The number of hydrogen-bond donors (Lipinski definition) is 2. The summed E-state index contributed by atoms with van der Waals surface area (Å²) in [6.07, 6.45) is 4.72. The molecule has 0 spiro atoms. The van der Waals surface area contributed by atoms with E-state index in [1.165, 1.54) is 55.7 Å². The number of benzene rings is 6. The largest absolute Gasteiger partial charge is 0.378 e. The second-order valence-electron chi connectivity index (χ2n) is 36.3. The van der Waals surface area contributed by atoms with Gasteiger partial charge in [-0.2, -0.15) is 0 Å². The van der Waals surface area contributed by atoms with Crippen molar-refractivity contribution in [1.29, 1.82) is 0 Å². The monoisotopic (exact) mass is 1310 g/mol. The number of hydrogen-bond acceptors (Lipinski definition) is 8. The Morgan fingerprint density at radius 3 is 0.520 bits per heavy atom. The van der Waals surface area contributed by atoms with Crippen molar-refractivity contribution in [2.45, 2.75) is 235 Å². The summed E-state index contributed by atoms with van der Waals surface area (Å²) in [6, 6.07) is 27.2. The van der Waals surface area contributed by atoms with Crippen LogP contribution in [0, 0.1) is 47.4 Å². The second kappa shape index (κ2) is 22.1. The third-order valence-electron chi connectivity index (χ3n) is 21.0.